The number of benzene rings is 2. The van der Waals surface area contributed by atoms with Gasteiger partial charge in [-0.25, -0.2) is 0 Å². The Morgan fingerprint density at radius 1 is 1.18 bits per heavy atom. The molecule has 0 aromatic heterocycles. The van der Waals surface area contributed by atoms with Crippen molar-refractivity contribution in [2.75, 3.05) is 30.8 Å². The molecule has 3 rings (SSSR count). The van der Waals surface area contributed by atoms with Gasteiger partial charge in [-0.05, 0) is 56.2 Å². The molecule has 1 fully saturated rings. The molecule has 2 unspecified atom stereocenters. The van der Waals surface area contributed by atoms with E-state index in [9.17, 15) is 9.59 Å². The van der Waals surface area contributed by atoms with Gasteiger partial charge < -0.3 is 26.3 Å². The van der Waals surface area contributed by atoms with Crippen LogP contribution in [0.1, 0.15) is 48.5 Å². The van der Waals surface area contributed by atoms with Gasteiger partial charge in [0.15, 0.2) is 0 Å². The highest BCUT2D eigenvalue weighted by Gasteiger charge is 2.27. The summed E-state index contributed by atoms with van der Waals surface area (Å²) in [6.45, 7) is 3.71. The number of likely N-dealkylation sites (tertiary alicyclic amines) is 1. The van der Waals surface area contributed by atoms with Gasteiger partial charge in [-0.3, -0.25) is 15.1 Å². The van der Waals surface area contributed by atoms with Gasteiger partial charge in [-0.15, -0.1) is 0 Å². The number of carbonyl (C=O) groups is 2. The minimum absolute atomic E-state index is 0.00774. The number of amides is 1. The largest absolute Gasteiger partial charge is 0.400 e. The highest BCUT2D eigenvalue weighted by Crippen LogP contribution is 2.24. The predicted molar refractivity (Wildman–Crippen MR) is 133 cm³/mol. The fourth-order valence-electron chi connectivity index (χ4n) is 4.16. The molecule has 2 aromatic rings. The number of nitrogens with one attached hydrogen (secondary N) is 3. The Bertz CT molecular complexity index is 917. The first-order valence-corrected chi connectivity index (χ1v) is 11.2. The van der Waals surface area contributed by atoms with Crippen LogP contribution in [0.3, 0.4) is 0 Å². The molecule has 6 N–H and O–H groups in total. The van der Waals surface area contributed by atoms with Gasteiger partial charge >= 0.3 is 0 Å². The maximum Gasteiger partial charge on any atom is 0.257 e. The van der Waals surface area contributed by atoms with Gasteiger partial charge in [-0.2, -0.15) is 0 Å². The van der Waals surface area contributed by atoms with Crippen molar-refractivity contribution in [2.45, 2.75) is 44.7 Å². The van der Waals surface area contributed by atoms with Gasteiger partial charge in [0.05, 0.1) is 5.56 Å². The van der Waals surface area contributed by atoms with E-state index in [0.717, 1.165) is 45.0 Å². The molecular weight excluding hydrogens is 418 g/mol. The van der Waals surface area contributed by atoms with E-state index >= 15 is 0 Å². The summed E-state index contributed by atoms with van der Waals surface area (Å²) in [6.07, 6.45) is 4.92. The first-order chi connectivity index (χ1) is 16.0. The smallest absolute Gasteiger partial charge is 0.257 e. The average Bonchev–Trinajstić information content (AvgIpc) is 2.84. The number of aliphatic hydroxyl groups is 1. The van der Waals surface area contributed by atoms with E-state index in [1.807, 2.05) is 18.2 Å². The number of aldehydes is 1. The Labute approximate surface area is 195 Å². The Kier molecular flexibility index (Phi) is 10.5. The SMILES string of the molecule is CC1CCCC(CNc2ccccc2C(=O)Nc2ccc(C(=N)N)cc2)N1CCC=O.CO. The number of para-hydroxylation sites is 1. The van der Waals surface area contributed by atoms with Gasteiger partial charge in [0, 0.05) is 55.6 Å². The lowest BCUT2D eigenvalue weighted by Crippen LogP contribution is -2.48. The van der Waals surface area contributed by atoms with E-state index in [2.05, 4.69) is 22.5 Å². The zero-order valence-corrected chi connectivity index (χ0v) is 19.4. The van der Waals surface area contributed by atoms with Gasteiger partial charge in [0.2, 0.25) is 0 Å². The van der Waals surface area contributed by atoms with Crippen molar-refractivity contribution in [1.82, 2.24) is 4.90 Å². The van der Waals surface area contributed by atoms with Crippen molar-refractivity contribution >= 4 is 29.4 Å². The highest BCUT2D eigenvalue weighted by atomic mass is 16.2. The highest BCUT2D eigenvalue weighted by molar-refractivity contribution is 6.08. The number of carbonyl (C=O) groups excluding carboxylic acids is 2. The zero-order chi connectivity index (χ0) is 24.2. The van der Waals surface area contributed by atoms with E-state index in [4.69, 9.17) is 16.2 Å². The molecule has 1 aliphatic heterocycles. The number of anilines is 2. The lowest BCUT2D eigenvalue weighted by molar-refractivity contribution is -0.108. The minimum atomic E-state index is -0.200. The van der Waals surface area contributed by atoms with Crippen LogP contribution < -0.4 is 16.4 Å². The Morgan fingerprint density at radius 2 is 1.88 bits per heavy atom. The summed E-state index contributed by atoms with van der Waals surface area (Å²) in [6, 6.07) is 15.1. The second kappa shape index (κ2) is 13.3. The van der Waals surface area contributed by atoms with E-state index in [-0.39, 0.29) is 11.7 Å². The molecule has 0 aliphatic carbocycles. The molecule has 1 heterocycles. The number of piperidine rings is 1. The second-order valence-electron chi connectivity index (χ2n) is 8.00. The third kappa shape index (κ3) is 7.40. The predicted octanol–water partition coefficient (Wildman–Crippen LogP) is 3.08. The number of nitrogen functional groups attached to an aromatic ring is 1. The Morgan fingerprint density at radius 3 is 2.55 bits per heavy atom. The molecule has 178 valence electrons. The molecular formula is C25H35N5O3. The maximum atomic E-state index is 12.9. The van der Waals surface area contributed by atoms with E-state index < -0.39 is 0 Å². The quantitative estimate of drug-likeness (QED) is 0.225. The number of aliphatic hydroxyl groups excluding tert-OH is 1. The van der Waals surface area contributed by atoms with Crippen molar-refractivity contribution in [3.63, 3.8) is 0 Å². The van der Waals surface area contributed by atoms with Crippen molar-refractivity contribution in [3.05, 3.63) is 59.7 Å². The lowest BCUT2D eigenvalue weighted by Gasteiger charge is -2.40. The van der Waals surface area contributed by atoms with Gasteiger partial charge in [0.25, 0.3) is 5.91 Å². The van der Waals surface area contributed by atoms with Crippen LogP contribution in [-0.2, 0) is 4.79 Å². The minimum Gasteiger partial charge on any atom is -0.400 e. The normalized spacial score (nSPS) is 17.9. The molecule has 0 spiro atoms. The summed E-state index contributed by atoms with van der Waals surface area (Å²) in [7, 11) is 1.00. The number of amidine groups is 1. The molecule has 1 aliphatic rings. The topological polar surface area (TPSA) is 132 Å². The molecule has 8 heteroatoms. The molecule has 1 saturated heterocycles. The molecule has 8 nitrogen and oxygen atoms in total. The molecule has 0 bridgehead atoms. The number of rotatable bonds is 9. The van der Waals surface area contributed by atoms with Crippen LogP contribution in [0.15, 0.2) is 48.5 Å². The van der Waals surface area contributed by atoms with Crippen LogP contribution in [0.25, 0.3) is 0 Å². The van der Waals surface area contributed by atoms with Crippen LogP contribution in [-0.4, -0.2) is 60.3 Å². The summed E-state index contributed by atoms with van der Waals surface area (Å²) in [5, 5.41) is 20.8. The van der Waals surface area contributed by atoms with Crippen LogP contribution in [0.2, 0.25) is 0 Å². The summed E-state index contributed by atoms with van der Waals surface area (Å²) in [5.74, 6) is -0.208. The molecule has 33 heavy (non-hydrogen) atoms. The standard InChI is InChI=1S/C24H31N5O2.CH4O/c1-17-6-4-7-20(29(17)14-5-15-30)16-27-22-9-3-2-8-21(22)24(31)28-19-12-10-18(11-13-19)23(25)26;1-2/h2-3,8-13,15,17,20,27H,4-7,14,16H2,1H3,(H3,25,26)(H,28,31);2H,1H3. The molecule has 1 amide bonds. The number of nitrogens with two attached hydrogens (primary N) is 1. The summed E-state index contributed by atoms with van der Waals surface area (Å²) < 4.78 is 0. The first kappa shape index (κ1) is 26.0. The van der Waals surface area contributed by atoms with E-state index in [0.29, 0.717) is 35.3 Å². The van der Waals surface area contributed by atoms with Gasteiger partial charge in [-0.1, -0.05) is 18.6 Å². The number of hydrogen-bond acceptors (Lipinski definition) is 6. The lowest BCUT2D eigenvalue weighted by atomic mass is 9.96. The van der Waals surface area contributed by atoms with Crippen LogP contribution in [0.5, 0.6) is 0 Å². The fraction of sp³-hybridized carbons (Fsp3) is 0.400. The molecule has 2 aromatic carbocycles. The van der Waals surface area contributed by atoms with Crippen LogP contribution in [0.4, 0.5) is 11.4 Å². The van der Waals surface area contributed by atoms with E-state index in [1.54, 1.807) is 30.3 Å². The summed E-state index contributed by atoms with van der Waals surface area (Å²) >= 11 is 0. The van der Waals surface area contributed by atoms with E-state index in [1.165, 1.54) is 6.42 Å². The van der Waals surface area contributed by atoms with Crippen molar-refractivity contribution in [3.8, 4) is 0 Å². The monoisotopic (exact) mass is 453 g/mol. The maximum absolute atomic E-state index is 12.9. The number of hydrogen-bond donors (Lipinski definition) is 5. The third-order valence-corrected chi connectivity index (χ3v) is 5.85. The average molecular weight is 454 g/mol. The summed E-state index contributed by atoms with van der Waals surface area (Å²) in [4.78, 5) is 26.2. The fourth-order valence-corrected chi connectivity index (χ4v) is 4.16. The first-order valence-electron chi connectivity index (χ1n) is 11.2. The van der Waals surface area contributed by atoms with Crippen molar-refractivity contribution in [1.29, 1.82) is 5.41 Å². The second-order valence-corrected chi connectivity index (χ2v) is 8.00. The number of nitrogens with zero attached hydrogens (tertiary/aromatic N) is 1. The molecule has 0 saturated carbocycles. The molecule has 0 radical (unpaired) electrons. The molecule has 2 atom stereocenters. The van der Waals surface area contributed by atoms with Crippen LogP contribution >= 0.6 is 0 Å². The third-order valence-electron chi connectivity index (χ3n) is 5.85. The Hall–Kier alpha value is -3.23. The van der Waals surface area contributed by atoms with Crippen molar-refractivity contribution in [2.24, 2.45) is 5.73 Å². The van der Waals surface area contributed by atoms with Gasteiger partial charge in [0.1, 0.15) is 12.1 Å². The van der Waals surface area contributed by atoms with Crippen molar-refractivity contribution < 1.29 is 14.7 Å². The zero-order valence-electron chi connectivity index (χ0n) is 19.4. The van der Waals surface area contributed by atoms with Crippen LogP contribution in [0, 0.1) is 5.41 Å². The Balaban J connectivity index is 0.00000187. The summed E-state index contributed by atoms with van der Waals surface area (Å²) in [5.41, 5.74) is 8.10.